The van der Waals surface area contributed by atoms with Gasteiger partial charge in [0.1, 0.15) is 0 Å². The fraction of sp³-hybridized carbons (Fsp3) is 0. The van der Waals surface area contributed by atoms with Gasteiger partial charge in [-0.15, -0.1) is 0 Å². The maximum atomic E-state index is 0. The Kier molecular flexibility index (Phi) is 6700. The SMILES string of the molecule is O.O.O.[Cl-].[Cl-].[Cu+2]. The predicted octanol–water partition coefficient (Wildman–Crippen LogP) is -8.47. The van der Waals surface area contributed by atoms with Gasteiger partial charge in [0.05, 0.1) is 0 Å². The Labute approximate surface area is 58.7 Å². The molecule has 0 atom stereocenters. The average Bonchev–Trinajstić information content (AvgIpc) is 0. The Hall–Kier alpha value is 0.979. The summed E-state index contributed by atoms with van der Waals surface area (Å²) in [6.45, 7) is 0. The minimum Gasteiger partial charge on any atom is -1.00 e. The summed E-state index contributed by atoms with van der Waals surface area (Å²) in [4.78, 5) is 0. The molecule has 3 nitrogen and oxygen atoms in total. The van der Waals surface area contributed by atoms with Gasteiger partial charge in [-0.05, 0) is 0 Å². The molecule has 0 spiro atoms. The summed E-state index contributed by atoms with van der Waals surface area (Å²) in [5.41, 5.74) is 0. The maximum absolute atomic E-state index is 0. The Morgan fingerprint density at radius 1 is 0.500 bits per heavy atom. The molecular weight excluding hydrogens is 182 g/mol. The summed E-state index contributed by atoms with van der Waals surface area (Å²) in [6.07, 6.45) is 0. The second-order valence-electron chi connectivity index (χ2n) is 0. The first kappa shape index (κ1) is 260. The van der Waals surface area contributed by atoms with Crippen molar-refractivity contribution in [1.29, 1.82) is 0 Å². The summed E-state index contributed by atoms with van der Waals surface area (Å²) < 4.78 is 0. The third-order valence-corrected chi connectivity index (χ3v) is 0. The minimum atomic E-state index is 0. The quantitative estimate of drug-likeness (QED) is 0.338. The number of hydrogen-bond donors (Lipinski definition) is 0. The Bertz CT molecular complexity index is 8.75. The first-order chi connectivity index (χ1) is 0. The summed E-state index contributed by atoms with van der Waals surface area (Å²) in [5.74, 6) is 0. The molecule has 6 heavy (non-hydrogen) atoms. The Morgan fingerprint density at radius 3 is 0.500 bits per heavy atom. The zero-order valence-corrected chi connectivity index (χ0v) is 5.01. The summed E-state index contributed by atoms with van der Waals surface area (Å²) in [6, 6.07) is 0. The molecule has 0 aliphatic carbocycles. The van der Waals surface area contributed by atoms with E-state index in [0.29, 0.717) is 0 Å². The van der Waals surface area contributed by atoms with Crippen LogP contribution < -0.4 is 24.8 Å². The number of rotatable bonds is 0. The molecule has 0 saturated heterocycles. The van der Waals surface area contributed by atoms with Gasteiger partial charge in [-0.25, -0.2) is 0 Å². The largest absolute Gasteiger partial charge is 2.00 e. The normalized spacial score (nSPS) is 0. The van der Waals surface area contributed by atoms with Crippen molar-refractivity contribution >= 4 is 0 Å². The molecule has 0 heterocycles. The van der Waals surface area contributed by atoms with Crippen molar-refractivity contribution in [2.75, 3.05) is 0 Å². The molecule has 0 fully saturated rings. The molecule has 0 bridgehead atoms. The predicted molar refractivity (Wildman–Crippen MR) is 10.8 cm³/mol. The molecule has 0 amide bonds. The van der Waals surface area contributed by atoms with Gasteiger partial charge >= 0.3 is 17.1 Å². The van der Waals surface area contributed by atoms with E-state index in [1.54, 1.807) is 0 Å². The van der Waals surface area contributed by atoms with Gasteiger partial charge in [-0.3, -0.25) is 0 Å². The van der Waals surface area contributed by atoms with E-state index in [2.05, 4.69) is 0 Å². The molecule has 0 aromatic carbocycles. The molecule has 0 unspecified atom stereocenters. The topological polar surface area (TPSA) is 94.5 Å². The number of hydrogen-bond acceptors (Lipinski definition) is 0. The molecule has 6 heteroatoms. The first-order valence-corrected chi connectivity index (χ1v) is 0. The van der Waals surface area contributed by atoms with Gasteiger partial charge in [0.25, 0.3) is 0 Å². The van der Waals surface area contributed by atoms with Crippen LogP contribution in [0.25, 0.3) is 0 Å². The van der Waals surface area contributed by atoms with Gasteiger partial charge in [-0.2, -0.15) is 0 Å². The molecule has 0 aromatic heterocycles. The zero-order chi connectivity index (χ0) is 0. The molecular formula is H6Cl2CuO3. The molecule has 0 aromatic rings. The van der Waals surface area contributed by atoms with Crippen LogP contribution in [0.2, 0.25) is 0 Å². The van der Waals surface area contributed by atoms with Crippen molar-refractivity contribution in [2.45, 2.75) is 0 Å². The second-order valence-corrected chi connectivity index (χ2v) is 0. The van der Waals surface area contributed by atoms with Crippen molar-refractivity contribution in [3.8, 4) is 0 Å². The first-order valence-electron chi connectivity index (χ1n) is 0. The van der Waals surface area contributed by atoms with E-state index in [1.807, 2.05) is 0 Å². The Morgan fingerprint density at radius 2 is 0.500 bits per heavy atom. The molecule has 49 valence electrons. The van der Waals surface area contributed by atoms with Crippen molar-refractivity contribution < 1.29 is 58.3 Å². The van der Waals surface area contributed by atoms with Crippen LogP contribution in [0.4, 0.5) is 0 Å². The van der Waals surface area contributed by atoms with Crippen molar-refractivity contribution in [1.82, 2.24) is 0 Å². The van der Waals surface area contributed by atoms with E-state index in [-0.39, 0.29) is 58.3 Å². The molecule has 0 saturated carbocycles. The fourth-order valence-electron chi connectivity index (χ4n) is 0. The molecule has 6 N–H and O–H groups in total. The number of halogens is 2. The summed E-state index contributed by atoms with van der Waals surface area (Å²) in [5, 5.41) is 0. The maximum Gasteiger partial charge on any atom is 2.00 e. The van der Waals surface area contributed by atoms with Crippen LogP contribution in [0.15, 0.2) is 0 Å². The van der Waals surface area contributed by atoms with Gasteiger partial charge in [0, 0.05) is 0 Å². The minimum absolute atomic E-state index is 0. The third kappa shape index (κ3) is 82.2. The summed E-state index contributed by atoms with van der Waals surface area (Å²) in [7, 11) is 0. The van der Waals surface area contributed by atoms with Crippen LogP contribution >= 0.6 is 0 Å². The van der Waals surface area contributed by atoms with Crippen molar-refractivity contribution in [2.24, 2.45) is 0 Å². The Balaban J connectivity index is 0. The summed E-state index contributed by atoms with van der Waals surface area (Å²) >= 11 is 0. The van der Waals surface area contributed by atoms with Crippen LogP contribution in [0.5, 0.6) is 0 Å². The van der Waals surface area contributed by atoms with Crippen molar-refractivity contribution in [3.63, 3.8) is 0 Å². The second kappa shape index (κ2) is 155. The van der Waals surface area contributed by atoms with E-state index < -0.39 is 0 Å². The van der Waals surface area contributed by atoms with Gasteiger partial charge in [-0.1, -0.05) is 0 Å². The van der Waals surface area contributed by atoms with Gasteiger partial charge < -0.3 is 41.2 Å². The van der Waals surface area contributed by atoms with Crippen LogP contribution in [-0.2, 0) is 17.1 Å². The molecule has 0 rings (SSSR count). The molecule has 0 aliphatic rings. The molecule has 1 radical (unpaired) electrons. The van der Waals surface area contributed by atoms with E-state index >= 15 is 0 Å². The molecule has 0 aliphatic heterocycles. The van der Waals surface area contributed by atoms with Crippen LogP contribution in [0.1, 0.15) is 0 Å². The van der Waals surface area contributed by atoms with E-state index in [1.165, 1.54) is 0 Å². The fourth-order valence-corrected chi connectivity index (χ4v) is 0. The third-order valence-electron chi connectivity index (χ3n) is 0. The zero-order valence-electron chi connectivity index (χ0n) is 2.56. The van der Waals surface area contributed by atoms with E-state index in [0.717, 1.165) is 0 Å². The van der Waals surface area contributed by atoms with Gasteiger partial charge in [0.15, 0.2) is 0 Å². The smallest absolute Gasteiger partial charge is 1.00 e. The monoisotopic (exact) mass is 187 g/mol. The van der Waals surface area contributed by atoms with Crippen LogP contribution in [-0.4, -0.2) is 16.4 Å². The van der Waals surface area contributed by atoms with E-state index in [9.17, 15) is 0 Å². The van der Waals surface area contributed by atoms with Crippen molar-refractivity contribution in [3.05, 3.63) is 0 Å². The van der Waals surface area contributed by atoms with Gasteiger partial charge in [0.2, 0.25) is 0 Å². The van der Waals surface area contributed by atoms with Crippen LogP contribution in [0, 0.1) is 0 Å². The standard InChI is InChI=1S/2ClH.Cu.3H2O/h2*1H;;3*1H2/q;;+2;;;/p-2. The van der Waals surface area contributed by atoms with Crippen LogP contribution in [0.3, 0.4) is 0 Å². The average molecular weight is 188 g/mol. The van der Waals surface area contributed by atoms with E-state index in [4.69, 9.17) is 0 Å².